The van der Waals surface area contributed by atoms with Gasteiger partial charge in [-0.05, 0) is 67.9 Å². The van der Waals surface area contributed by atoms with Gasteiger partial charge in [-0.15, -0.1) is 0 Å². The summed E-state index contributed by atoms with van der Waals surface area (Å²) in [7, 11) is 1.28. The predicted molar refractivity (Wildman–Crippen MR) is 112 cm³/mol. The van der Waals surface area contributed by atoms with Gasteiger partial charge in [-0.1, -0.05) is 40.9 Å². The first-order valence-corrected chi connectivity index (χ1v) is 11.3. The maximum Gasteiger partial charge on any atom is 0.119 e. The topological polar surface area (TPSA) is 38.3 Å². The molecule has 0 amide bonds. The van der Waals surface area contributed by atoms with Gasteiger partial charge in [0.25, 0.3) is 0 Å². The minimum atomic E-state index is -0.648. The molecule has 1 atom stereocenters. The van der Waals surface area contributed by atoms with E-state index in [9.17, 15) is 4.21 Å². The van der Waals surface area contributed by atoms with Crippen molar-refractivity contribution < 1.29 is 8.95 Å². The highest BCUT2D eigenvalue weighted by Crippen LogP contribution is 2.24. The van der Waals surface area contributed by atoms with Crippen molar-refractivity contribution in [2.24, 2.45) is 0 Å². The molecule has 3 nitrogen and oxygen atoms in total. The Balaban J connectivity index is 1.57. The fourth-order valence-corrected chi connectivity index (χ4v) is 4.28. The molecular formula is C20H28BrNO2S. The van der Waals surface area contributed by atoms with Crippen LogP contribution in [-0.4, -0.2) is 35.9 Å². The standard InChI is InChI=1S/C20H28BrNO2S/c1-22-11-6-14-25(23)13-5-3-2-4-12-24-20-10-8-17-15-19(21)9-7-18(17)16-20/h7-10,15-16,22H,2-6,11-14H2,1H3. The van der Waals surface area contributed by atoms with Crippen molar-refractivity contribution in [1.29, 1.82) is 0 Å². The second kappa shape index (κ2) is 11.7. The van der Waals surface area contributed by atoms with E-state index in [1.807, 2.05) is 13.1 Å². The van der Waals surface area contributed by atoms with Crippen LogP contribution in [-0.2, 0) is 10.8 Å². The molecule has 1 unspecified atom stereocenters. The Labute approximate surface area is 162 Å². The van der Waals surface area contributed by atoms with E-state index in [0.29, 0.717) is 0 Å². The summed E-state index contributed by atoms with van der Waals surface area (Å²) in [6.45, 7) is 1.70. The van der Waals surface area contributed by atoms with Gasteiger partial charge >= 0.3 is 0 Å². The number of benzene rings is 2. The van der Waals surface area contributed by atoms with Gasteiger partial charge in [-0.25, -0.2) is 0 Å². The molecule has 0 aliphatic rings. The number of ether oxygens (including phenoxy) is 1. The van der Waals surface area contributed by atoms with Crippen molar-refractivity contribution in [3.63, 3.8) is 0 Å². The van der Waals surface area contributed by atoms with E-state index in [0.717, 1.165) is 67.0 Å². The Morgan fingerprint density at radius 1 is 0.960 bits per heavy atom. The zero-order chi connectivity index (χ0) is 17.9. The van der Waals surface area contributed by atoms with Crippen molar-refractivity contribution in [2.75, 3.05) is 31.7 Å². The van der Waals surface area contributed by atoms with Crippen LogP contribution in [0.1, 0.15) is 32.1 Å². The number of fused-ring (bicyclic) bond motifs is 1. The van der Waals surface area contributed by atoms with Gasteiger partial charge in [0.1, 0.15) is 5.75 Å². The normalized spacial score (nSPS) is 12.4. The van der Waals surface area contributed by atoms with E-state index in [2.05, 4.69) is 51.6 Å². The van der Waals surface area contributed by atoms with E-state index in [1.54, 1.807) is 0 Å². The molecule has 0 radical (unpaired) electrons. The summed E-state index contributed by atoms with van der Waals surface area (Å²) in [4.78, 5) is 0. The third-order valence-electron chi connectivity index (χ3n) is 4.11. The molecule has 0 heterocycles. The molecular weight excluding hydrogens is 398 g/mol. The number of unbranched alkanes of at least 4 members (excludes halogenated alkanes) is 3. The molecule has 0 fully saturated rings. The molecule has 0 saturated heterocycles. The van der Waals surface area contributed by atoms with E-state index in [-0.39, 0.29) is 0 Å². The molecule has 0 aromatic heterocycles. The van der Waals surface area contributed by atoms with Crippen molar-refractivity contribution in [3.05, 3.63) is 40.9 Å². The van der Waals surface area contributed by atoms with E-state index >= 15 is 0 Å². The lowest BCUT2D eigenvalue weighted by Gasteiger charge is -2.08. The summed E-state index contributed by atoms with van der Waals surface area (Å²) < 4.78 is 18.7. The zero-order valence-corrected chi connectivity index (χ0v) is 17.3. The van der Waals surface area contributed by atoms with Gasteiger partial charge in [-0.2, -0.15) is 0 Å². The molecule has 2 rings (SSSR count). The Hall–Kier alpha value is -0.910. The van der Waals surface area contributed by atoms with Crippen LogP contribution in [0.5, 0.6) is 5.75 Å². The fraction of sp³-hybridized carbons (Fsp3) is 0.500. The molecule has 0 spiro atoms. The average molecular weight is 426 g/mol. The van der Waals surface area contributed by atoms with Gasteiger partial charge in [0.05, 0.1) is 6.61 Å². The smallest absolute Gasteiger partial charge is 0.119 e. The predicted octanol–water partition coefficient (Wildman–Crippen LogP) is 4.90. The van der Waals surface area contributed by atoms with Crippen LogP contribution in [0.2, 0.25) is 0 Å². The number of halogens is 1. The van der Waals surface area contributed by atoms with Crippen molar-refractivity contribution in [1.82, 2.24) is 5.32 Å². The molecule has 138 valence electrons. The Morgan fingerprint density at radius 3 is 2.52 bits per heavy atom. The number of hydrogen-bond acceptors (Lipinski definition) is 3. The summed E-state index contributed by atoms with van der Waals surface area (Å²) in [6, 6.07) is 12.5. The van der Waals surface area contributed by atoms with Crippen LogP contribution in [0.3, 0.4) is 0 Å². The molecule has 5 heteroatoms. The van der Waals surface area contributed by atoms with E-state index in [4.69, 9.17) is 4.74 Å². The monoisotopic (exact) mass is 425 g/mol. The van der Waals surface area contributed by atoms with E-state index in [1.165, 1.54) is 10.8 Å². The summed E-state index contributed by atoms with van der Waals surface area (Å²) in [6.07, 6.45) is 5.36. The molecule has 0 bridgehead atoms. The molecule has 0 aliphatic heterocycles. The summed E-state index contributed by atoms with van der Waals surface area (Å²) >= 11 is 3.49. The van der Waals surface area contributed by atoms with Crippen LogP contribution < -0.4 is 10.1 Å². The molecule has 2 aromatic rings. The summed E-state index contributed by atoms with van der Waals surface area (Å²) in [5, 5.41) is 5.50. The van der Waals surface area contributed by atoms with Crippen molar-refractivity contribution in [2.45, 2.75) is 32.1 Å². The molecule has 0 saturated carbocycles. The maximum atomic E-state index is 11.8. The molecule has 1 N–H and O–H groups in total. The average Bonchev–Trinajstić information content (AvgIpc) is 2.61. The number of rotatable bonds is 12. The first kappa shape index (κ1) is 20.4. The van der Waals surface area contributed by atoms with E-state index < -0.39 is 10.8 Å². The first-order chi connectivity index (χ1) is 12.2. The third kappa shape index (κ3) is 7.89. The number of hydrogen-bond donors (Lipinski definition) is 1. The Bertz CT molecular complexity index is 678. The highest BCUT2D eigenvalue weighted by molar-refractivity contribution is 9.10. The summed E-state index contributed by atoms with van der Waals surface area (Å²) in [5.41, 5.74) is 0. The summed E-state index contributed by atoms with van der Waals surface area (Å²) in [5.74, 6) is 2.59. The van der Waals surface area contributed by atoms with Gasteiger partial charge in [0.15, 0.2) is 0 Å². The lowest BCUT2D eigenvalue weighted by Crippen LogP contribution is -2.12. The molecule has 25 heavy (non-hydrogen) atoms. The highest BCUT2D eigenvalue weighted by Gasteiger charge is 2.01. The second-order valence-electron chi connectivity index (χ2n) is 6.22. The minimum absolute atomic E-state index is 0.648. The maximum absolute atomic E-state index is 11.8. The van der Waals surface area contributed by atoms with Crippen LogP contribution >= 0.6 is 15.9 Å². The van der Waals surface area contributed by atoms with Crippen molar-refractivity contribution in [3.8, 4) is 5.75 Å². The Morgan fingerprint density at radius 2 is 1.68 bits per heavy atom. The number of nitrogens with one attached hydrogen (secondary N) is 1. The first-order valence-electron chi connectivity index (χ1n) is 9.01. The second-order valence-corrected chi connectivity index (χ2v) is 8.83. The molecule has 2 aromatic carbocycles. The van der Waals surface area contributed by atoms with Crippen LogP contribution in [0.25, 0.3) is 10.8 Å². The lowest BCUT2D eigenvalue weighted by molar-refractivity contribution is 0.305. The highest BCUT2D eigenvalue weighted by atomic mass is 79.9. The largest absolute Gasteiger partial charge is 0.494 e. The Kier molecular flexibility index (Phi) is 9.51. The van der Waals surface area contributed by atoms with Gasteiger partial charge < -0.3 is 10.1 Å². The van der Waals surface area contributed by atoms with Crippen LogP contribution in [0.4, 0.5) is 0 Å². The van der Waals surface area contributed by atoms with Gasteiger partial charge in [0.2, 0.25) is 0 Å². The zero-order valence-electron chi connectivity index (χ0n) is 14.9. The van der Waals surface area contributed by atoms with Crippen LogP contribution in [0.15, 0.2) is 40.9 Å². The fourth-order valence-electron chi connectivity index (χ4n) is 2.71. The third-order valence-corrected chi connectivity index (χ3v) is 6.09. The SMILES string of the molecule is CNCCCS(=O)CCCCCCOc1ccc2cc(Br)ccc2c1. The van der Waals surface area contributed by atoms with Gasteiger partial charge in [-0.3, -0.25) is 4.21 Å². The van der Waals surface area contributed by atoms with Gasteiger partial charge in [0, 0.05) is 26.8 Å². The quantitative estimate of drug-likeness (QED) is 0.491. The molecule has 0 aliphatic carbocycles. The minimum Gasteiger partial charge on any atom is -0.494 e. The van der Waals surface area contributed by atoms with Crippen molar-refractivity contribution >= 4 is 37.5 Å². The van der Waals surface area contributed by atoms with Crippen LogP contribution in [0, 0.1) is 0 Å². The lowest BCUT2D eigenvalue weighted by atomic mass is 10.1.